The Kier molecular flexibility index (Phi) is 7.40. The van der Waals surface area contributed by atoms with E-state index >= 15 is 0 Å². The highest BCUT2D eigenvalue weighted by molar-refractivity contribution is 6.31. The predicted molar refractivity (Wildman–Crippen MR) is 138 cm³/mol. The van der Waals surface area contributed by atoms with Crippen LogP contribution in [-0.2, 0) is 10.9 Å². The van der Waals surface area contributed by atoms with E-state index in [1.54, 1.807) is 24.4 Å². The fourth-order valence-corrected chi connectivity index (χ4v) is 4.22. The van der Waals surface area contributed by atoms with Crippen molar-refractivity contribution in [3.8, 4) is 11.5 Å². The molecule has 3 aromatic carbocycles. The highest BCUT2D eigenvalue weighted by Crippen LogP contribution is 2.36. The maximum absolute atomic E-state index is 14.3. The number of rotatable bonds is 5. The molecule has 1 fully saturated rings. The average Bonchev–Trinajstić information content (AvgIpc) is 2.87. The Morgan fingerprint density at radius 2 is 1.72 bits per heavy atom. The van der Waals surface area contributed by atoms with Gasteiger partial charge in [-0.05, 0) is 36.4 Å². The van der Waals surface area contributed by atoms with Gasteiger partial charge in [0.25, 0.3) is 0 Å². The van der Waals surface area contributed by atoms with Gasteiger partial charge in [-0.1, -0.05) is 11.6 Å². The zero-order valence-electron chi connectivity index (χ0n) is 20.1. The molecule has 202 valence electrons. The van der Waals surface area contributed by atoms with Crippen LogP contribution in [0.1, 0.15) is 5.56 Å². The van der Waals surface area contributed by atoms with Crippen LogP contribution in [0.5, 0.6) is 11.5 Å². The first kappa shape index (κ1) is 26.4. The van der Waals surface area contributed by atoms with Gasteiger partial charge in [0.2, 0.25) is 0 Å². The molecule has 0 atom stereocenters. The smallest absolute Gasteiger partial charge is 0.417 e. The Balaban J connectivity index is 1.29. The van der Waals surface area contributed by atoms with Crippen molar-refractivity contribution in [3.05, 3.63) is 77.2 Å². The van der Waals surface area contributed by atoms with Crippen molar-refractivity contribution in [2.75, 3.05) is 41.8 Å². The molecule has 1 aliphatic heterocycles. The van der Waals surface area contributed by atoms with Crippen LogP contribution in [0.3, 0.4) is 0 Å². The third-order valence-corrected chi connectivity index (χ3v) is 6.05. The largest absolute Gasteiger partial charge is 0.457 e. The topological polar surface area (TPSA) is 88.6 Å². The SMILES string of the molecule is O=C(Nc1cc(F)cc(Oc2ccc3ncc(N4CCOCC4)nc3c2)c1)Nc1ccc(C(F)(F)F)c(Cl)c1. The molecule has 4 aromatic rings. The number of hydrogen-bond donors (Lipinski definition) is 2. The lowest BCUT2D eigenvalue weighted by Crippen LogP contribution is -2.36. The molecule has 0 saturated carbocycles. The second-order valence-electron chi connectivity index (χ2n) is 8.53. The first-order valence-electron chi connectivity index (χ1n) is 11.7. The molecule has 5 rings (SSSR count). The number of urea groups is 1. The number of anilines is 3. The maximum atomic E-state index is 14.3. The summed E-state index contributed by atoms with van der Waals surface area (Å²) in [5.74, 6) is 0.493. The molecule has 2 N–H and O–H groups in total. The number of morpholine rings is 1. The Morgan fingerprint density at radius 1 is 0.949 bits per heavy atom. The summed E-state index contributed by atoms with van der Waals surface area (Å²) in [6.07, 6.45) is -2.93. The number of aromatic nitrogens is 2. The Bertz CT molecular complexity index is 1530. The quantitative estimate of drug-likeness (QED) is 0.263. The first-order valence-corrected chi connectivity index (χ1v) is 12.0. The molecule has 39 heavy (non-hydrogen) atoms. The number of nitrogens with one attached hydrogen (secondary N) is 2. The van der Waals surface area contributed by atoms with Gasteiger partial charge >= 0.3 is 12.2 Å². The third-order valence-electron chi connectivity index (χ3n) is 5.73. The summed E-state index contributed by atoms with van der Waals surface area (Å²) < 4.78 is 64.2. The molecular formula is C26H20ClF4N5O3. The van der Waals surface area contributed by atoms with Crippen molar-refractivity contribution >= 4 is 45.9 Å². The first-order chi connectivity index (χ1) is 18.6. The van der Waals surface area contributed by atoms with Crippen molar-refractivity contribution in [1.82, 2.24) is 9.97 Å². The van der Waals surface area contributed by atoms with E-state index < -0.39 is 28.6 Å². The summed E-state index contributed by atoms with van der Waals surface area (Å²) in [5.41, 5.74) is 0.281. The van der Waals surface area contributed by atoms with E-state index in [-0.39, 0.29) is 17.1 Å². The number of benzene rings is 3. The molecule has 1 saturated heterocycles. The molecule has 0 spiro atoms. The van der Waals surface area contributed by atoms with Crippen molar-refractivity contribution in [1.29, 1.82) is 0 Å². The molecule has 8 nitrogen and oxygen atoms in total. The lowest BCUT2D eigenvalue weighted by Gasteiger charge is -2.27. The maximum Gasteiger partial charge on any atom is 0.417 e. The van der Waals surface area contributed by atoms with E-state index in [0.29, 0.717) is 48.9 Å². The highest BCUT2D eigenvalue weighted by atomic mass is 35.5. The average molecular weight is 562 g/mol. The fraction of sp³-hybridized carbons (Fsp3) is 0.192. The summed E-state index contributed by atoms with van der Waals surface area (Å²) >= 11 is 5.69. The van der Waals surface area contributed by atoms with Crippen LogP contribution >= 0.6 is 11.6 Å². The lowest BCUT2D eigenvalue weighted by molar-refractivity contribution is -0.137. The van der Waals surface area contributed by atoms with Gasteiger partial charge in [0.05, 0.1) is 41.0 Å². The van der Waals surface area contributed by atoms with Gasteiger partial charge in [0.1, 0.15) is 23.1 Å². The van der Waals surface area contributed by atoms with E-state index in [2.05, 4.69) is 25.5 Å². The number of ether oxygens (including phenoxy) is 2. The minimum absolute atomic E-state index is 0.0205. The number of amides is 2. The van der Waals surface area contributed by atoms with E-state index in [1.165, 1.54) is 6.07 Å². The molecule has 1 aliphatic rings. The van der Waals surface area contributed by atoms with E-state index in [0.717, 1.165) is 30.3 Å². The molecule has 1 aromatic heterocycles. The van der Waals surface area contributed by atoms with Gasteiger partial charge < -0.3 is 25.0 Å². The van der Waals surface area contributed by atoms with Crippen molar-refractivity contribution < 1.29 is 31.8 Å². The van der Waals surface area contributed by atoms with E-state index in [9.17, 15) is 22.4 Å². The Morgan fingerprint density at radius 3 is 2.46 bits per heavy atom. The molecule has 2 heterocycles. The zero-order valence-corrected chi connectivity index (χ0v) is 20.8. The van der Waals surface area contributed by atoms with Crippen molar-refractivity contribution in [2.24, 2.45) is 0 Å². The third kappa shape index (κ3) is 6.47. The predicted octanol–water partition coefficient (Wildman–Crippen LogP) is 6.71. The highest BCUT2D eigenvalue weighted by Gasteiger charge is 2.33. The number of carbonyl (C=O) groups is 1. The second kappa shape index (κ2) is 10.9. The summed E-state index contributed by atoms with van der Waals surface area (Å²) in [7, 11) is 0. The molecule has 2 amide bonds. The van der Waals surface area contributed by atoms with Gasteiger partial charge in [-0.3, -0.25) is 4.98 Å². The van der Waals surface area contributed by atoms with E-state index in [1.807, 2.05) is 0 Å². The van der Waals surface area contributed by atoms with Crippen LogP contribution in [0.2, 0.25) is 5.02 Å². The summed E-state index contributed by atoms with van der Waals surface area (Å²) in [6.45, 7) is 2.62. The fourth-order valence-electron chi connectivity index (χ4n) is 3.94. The molecular weight excluding hydrogens is 542 g/mol. The van der Waals surface area contributed by atoms with Crippen LogP contribution < -0.4 is 20.3 Å². The number of carbonyl (C=O) groups excluding carboxylic acids is 1. The van der Waals surface area contributed by atoms with Crippen LogP contribution in [0, 0.1) is 5.82 Å². The summed E-state index contributed by atoms with van der Waals surface area (Å²) in [6, 6.07) is 10.6. The monoisotopic (exact) mass is 561 g/mol. The zero-order chi connectivity index (χ0) is 27.6. The van der Waals surface area contributed by atoms with Gasteiger partial charge in [-0.15, -0.1) is 0 Å². The summed E-state index contributed by atoms with van der Waals surface area (Å²) in [5, 5.41) is 4.21. The molecule has 13 heteroatoms. The molecule has 0 radical (unpaired) electrons. The van der Waals surface area contributed by atoms with Gasteiger partial charge in [-0.2, -0.15) is 13.2 Å². The van der Waals surface area contributed by atoms with Crippen LogP contribution in [-0.4, -0.2) is 42.3 Å². The number of hydrogen-bond acceptors (Lipinski definition) is 6. The van der Waals surface area contributed by atoms with E-state index in [4.69, 9.17) is 21.1 Å². The summed E-state index contributed by atoms with van der Waals surface area (Å²) in [4.78, 5) is 23.6. The van der Waals surface area contributed by atoms with Crippen LogP contribution in [0.25, 0.3) is 11.0 Å². The van der Waals surface area contributed by atoms with Crippen molar-refractivity contribution in [3.63, 3.8) is 0 Å². The van der Waals surface area contributed by atoms with Crippen LogP contribution in [0.4, 0.5) is 39.5 Å². The van der Waals surface area contributed by atoms with Gasteiger partial charge in [-0.25, -0.2) is 14.2 Å². The van der Waals surface area contributed by atoms with Crippen LogP contribution in [0.15, 0.2) is 60.8 Å². The number of nitrogens with zero attached hydrogens (tertiary/aromatic N) is 3. The molecule has 0 aliphatic carbocycles. The molecule has 0 unspecified atom stereocenters. The Hall–Kier alpha value is -4.16. The number of halogens is 5. The normalized spacial score (nSPS) is 13.8. The number of alkyl halides is 3. The minimum Gasteiger partial charge on any atom is -0.457 e. The lowest BCUT2D eigenvalue weighted by atomic mass is 10.2. The second-order valence-corrected chi connectivity index (χ2v) is 8.93. The Labute approximate surface area is 224 Å². The number of fused-ring (bicyclic) bond motifs is 1. The standard InChI is InChI=1S/C26H20ClF4N5O3/c27-21-12-16(1-3-20(21)26(29,30)31)33-25(37)34-17-9-15(28)10-19(11-17)39-18-2-4-22-23(13-18)35-24(14-32-22)36-5-7-38-8-6-36/h1-4,9-14H,5-8H2,(H2,33,34,37). The van der Waals surface area contributed by atoms with Crippen molar-refractivity contribution in [2.45, 2.75) is 6.18 Å². The minimum atomic E-state index is -4.63. The molecule has 0 bridgehead atoms. The van der Waals surface area contributed by atoms with Gasteiger partial charge in [0, 0.05) is 42.7 Å². The van der Waals surface area contributed by atoms with Gasteiger partial charge in [0.15, 0.2) is 0 Å².